The van der Waals surface area contributed by atoms with Crippen molar-refractivity contribution in [3.05, 3.63) is 0 Å². The Hall–Kier alpha value is -0.570. The Balaban J connectivity index is 1.60. The van der Waals surface area contributed by atoms with Crippen LogP contribution in [0.1, 0.15) is 25.7 Å². The summed E-state index contributed by atoms with van der Waals surface area (Å²) in [6.07, 6.45) is 4.31. The molecule has 3 nitrogen and oxygen atoms in total. The smallest absolute Gasteiger partial charge is 0.293 e. The van der Waals surface area contributed by atoms with Crippen LogP contribution in [0.5, 0.6) is 0 Å². The van der Waals surface area contributed by atoms with Crippen LogP contribution in [0.25, 0.3) is 0 Å². The molecule has 5 atom stereocenters. The number of hydrogen-bond acceptors (Lipinski definition) is 3. The van der Waals surface area contributed by atoms with Gasteiger partial charge < -0.3 is 9.84 Å². The minimum atomic E-state index is -0.302. The standard InChI is InChI=1S/C11H14O3/c12-6-14-5-9-1-7-2-11(13)4-10(11,3-9)8(7)9/h6-8,13H,1-5H2. The van der Waals surface area contributed by atoms with Crippen LogP contribution < -0.4 is 0 Å². The third kappa shape index (κ3) is 0.509. The van der Waals surface area contributed by atoms with Gasteiger partial charge in [-0.05, 0) is 37.5 Å². The second kappa shape index (κ2) is 1.75. The minimum Gasteiger partial charge on any atom is -0.467 e. The molecule has 0 aromatic carbocycles. The molecular weight excluding hydrogens is 180 g/mol. The van der Waals surface area contributed by atoms with Crippen molar-refractivity contribution < 1.29 is 14.6 Å². The average molecular weight is 194 g/mol. The Bertz CT molecular complexity index is 341. The van der Waals surface area contributed by atoms with Gasteiger partial charge in [0.2, 0.25) is 0 Å². The number of ether oxygens (including phenoxy) is 1. The lowest BCUT2D eigenvalue weighted by atomic mass is 9.39. The highest BCUT2D eigenvalue weighted by molar-refractivity contribution is 5.41. The van der Waals surface area contributed by atoms with E-state index in [1.165, 1.54) is 6.42 Å². The highest BCUT2D eigenvalue weighted by Gasteiger charge is 2.90. The molecule has 0 radical (unpaired) electrons. The maximum Gasteiger partial charge on any atom is 0.293 e. The van der Waals surface area contributed by atoms with E-state index in [4.69, 9.17) is 4.74 Å². The lowest BCUT2D eigenvalue weighted by Gasteiger charge is -2.65. The van der Waals surface area contributed by atoms with Crippen molar-refractivity contribution in [1.29, 1.82) is 0 Å². The molecule has 14 heavy (non-hydrogen) atoms. The summed E-state index contributed by atoms with van der Waals surface area (Å²) < 4.78 is 4.92. The predicted molar refractivity (Wildman–Crippen MR) is 47.3 cm³/mol. The van der Waals surface area contributed by atoms with Gasteiger partial charge in [-0.2, -0.15) is 0 Å². The maximum atomic E-state index is 10.2. The van der Waals surface area contributed by atoms with Gasteiger partial charge in [-0.1, -0.05) is 0 Å². The second-order valence-corrected chi connectivity index (χ2v) is 5.96. The van der Waals surface area contributed by atoms with Crippen LogP contribution in [0, 0.1) is 22.7 Å². The fourth-order valence-corrected chi connectivity index (χ4v) is 5.34. The lowest BCUT2D eigenvalue weighted by molar-refractivity contribution is -0.209. The van der Waals surface area contributed by atoms with E-state index in [2.05, 4.69) is 0 Å². The topological polar surface area (TPSA) is 46.5 Å². The van der Waals surface area contributed by atoms with E-state index in [1.807, 2.05) is 0 Å². The van der Waals surface area contributed by atoms with Gasteiger partial charge >= 0.3 is 0 Å². The molecule has 4 aliphatic rings. The van der Waals surface area contributed by atoms with Gasteiger partial charge in [0.25, 0.3) is 6.47 Å². The molecule has 76 valence electrons. The first-order valence-electron chi connectivity index (χ1n) is 5.44. The summed E-state index contributed by atoms with van der Waals surface area (Å²) in [7, 11) is 0. The molecule has 4 fully saturated rings. The first kappa shape index (κ1) is 7.69. The van der Waals surface area contributed by atoms with E-state index in [0.29, 0.717) is 19.0 Å². The van der Waals surface area contributed by atoms with E-state index in [9.17, 15) is 9.90 Å². The van der Waals surface area contributed by atoms with Crippen molar-refractivity contribution in [3.8, 4) is 0 Å². The third-order valence-corrected chi connectivity index (χ3v) is 5.51. The van der Waals surface area contributed by atoms with Crippen LogP contribution in [0.2, 0.25) is 0 Å². The van der Waals surface area contributed by atoms with Gasteiger partial charge in [0.15, 0.2) is 0 Å². The fourth-order valence-electron chi connectivity index (χ4n) is 5.34. The Labute approximate surface area is 82.4 Å². The van der Waals surface area contributed by atoms with Gasteiger partial charge in [-0.3, -0.25) is 4.79 Å². The fraction of sp³-hybridized carbons (Fsp3) is 0.909. The SMILES string of the molecule is O=COCC12CC3CC4(O)CC4(C1)C32. The molecule has 0 aromatic rings. The second-order valence-electron chi connectivity index (χ2n) is 5.96. The quantitative estimate of drug-likeness (QED) is 0.673. The zero-order valence-corrected chi connectivity index (χ0v) is 8.03. The Morgan fingerprint density at radius 1 is 1.43 bits per heavy atom. The van der Waals surface area contributed by atoms with Crippen LogP contribution in [0.4, 0.5) is 0 Å². The van der Waals surface area contributed by atoms with Crippen LogP contribution in [0.3, 0.4) is 0 Å². The van der Waals surface area contributed by atoms with Crippen molar-refractivity contribution in [2.45, 2.75) is 31.3 Å². The highest BCUT2D eigenvalue weighted by Crippen LogP contribution is 2.91. The van der Waals surface area contributed by atoms with Gasteiger partial charge in [0.1, 0.15) is 0 Å². The van der Waals surface area contributed by atoms with E-state index < -0.39 is 0 Å². The van der Waals surface area contributed by atoms with E-state index >= 15 is 0 Å². The molecule has 1 N–H and O–H groups in total. The largest absolute Gasteiger partial charge is 0.467 e. The summed E-state index contributed by atoms with van der Waals surface area (Å²) >= 11 is 0. The van der Waals surface area contributed by atoms with Crippen molar-refractivity contribution in [1.82, 2.24) is 0 Å². The van der Waals surface area contributed by atoms with Crippen molar-refractivity contribution >= 4 is 6.47 Å². The number of carbonyl (C=O) groups excluding carboxylic acids is 1. The van der Waals surface area contributed by atoms with Crippen LogP contribution >= 0.6 is 0 Å². The van der Waals surface area contributed by atoms with E-state index in [-0.39, 0.29) is 16.4 Å². The van der Waals surface area contributed by atoms with Gasteiger partial charge in [0, 0.05) is 10.8 Å². The summed E-state index contributed by atoms with van der Waals surface area (Å²) in [5.74, 6) is 1.41. The zero-order valence-electron chi connectivity index (χ0n) is 8.03. The normalized spacial score (nSPS) is 65.8. The Kier molecular flexibility index (Phi) is 0.963. The summed E-state index contributed by atoms with van der Waals surface area (Å²) in [4.78, 5) is 10.2. The third-order valence-electron chi connectivity index (χ3n) is 5.51. The molecule has 0 aliphatic heterocycles. The number of rotatable bonds is 3. The first-order chi connectivity index (χ1) is 6.66. The predicted octanol–water partition coefficient (Wildman–Crippen LogP) is 0.711. The van der Waals surface area contributed by atoms with Crippen molar-refractivity contribution in [3.63, 3.8) is 0 Å². The molecule has 0 amide bonds. The highest BCUT2D eigenvalue weighted by atomic mass is 16.5. The van der Waals surface area contributed by atoms with Crippen LogP contribution in [-0.4, -0.2) is 23.8 Å². The summed E-state index contributed by atoms with van der Waals surface area (Å²) in [6, 6.07) is 0. The molecule has 4 rings (SSSR count). The van der Waals surface area contributed by atoms with Gasteiger partial charge in [0.05, 0.1) is 12.2 Å². The first-order valence-corrected chi connectivity index (χ1v) is 5.44. The molecule has 0 saturated heterocycles. The monoisotopic (exact) mass is 194 g/mol. The minimum absolute atomic E-state index is 0.280. The van der Waals surface area contributed by atoms with Crippen LogP contribution in [-0.2, 0) is 9.53 Å². The molecule has 1 spiro atoms. The number of hydrogen-bond donors (Lipinski definition) is 1. The molecule has 5 unspecified atom stereocenters. The number of carbonyl (C=O) groups is 1. The summed E-state index contributed by atoms with van der Waals surface area (Å²) in [5.41, 5.74) is 0.262. The van der Waals surface area contributed by atoms with Gasteiger partial charge in [-0.25, -0.2) is 0 Å². The molecule has 4 saturated carbocycles. The van der Waals surface area contributed by atoms with E-state index in [1.54, 1.807) is 0 Å². The Morgan fingerprint density at radius 2 is 2.29 bits per heavy atom. The van der Waals surface area contributed by atoms with Gasteiger partial charge in [-0.15, -0.1) is 0 Å². The van der Waals surface area contributed by atoms with E-state index in [0.717, 1.165) is 25.2 Å². The summed E-state index contributed by atoms with van der Waals surface area (Å²) in [6.45, 7) is 1.15. The molecule has 0 aromatic heterocycles. The van der Waals surface area contributed by atoms with Crippen LogP contribution in [0.15, 0.2) is 0 Å². The lowest BCUT2D eigenvalue weighted by Crippen LogP contribution is -2.62. The molecule has 4 aliphatic carbocycles. The van der Waals surface area contributed by atoms with Crippen molar-refractivity contribution in [2.75, 3.05) is 6.61 Å². The number of aliphatic hydroxyl groups is 1. The molecule has 0 heterocycles. The zero-order chi connectivity index (χ0) is 9.60. The average Bonchev–Trinajstić information content (AvgIpc) is 2.62. The van der Waals surface area contributed by atoms with Crippen molar-refractivity contribution in [2.24, 2.45) is 22.7 Å². The maximum absolute atomic E-state index is 10.2. The molecule has 3 heteroatoms. The molecule has 0 bridgehead atoms. The Morgan fingerprint density at radius 3 is 3.00 bits per heavy atom. The molecular formula is C11H14O3. The summed E-state index contributed by atoms with van der Waals surface area (Å²) in [5, 5.41) is 10.2.